The Labute approximate surface area is 108 Å². The summed E-state index contributed by atoms with van der Waals surface area (Å²) >= 11 is 7.47. The van der Waals surface area contributed by atoms with Crippen molar-refractivity contribution < 1.29 is 9.50 Å². The molecule has 0 bridgehead atoms. The van der Waals surface area contributed by atoms with Gasteiger partial charge in [-0.25, -0.2) is 4.39 Å². The SMILES string of the molecule is Cc1csc(C(O)Cc2ccccc2F)c1Cl. The molecule has 1 unspecified atom stereocenters. The lowest BCUT2D eigenvalue weighted by Crippen LogP contribution is -2.02. The Bertz CT molecular complexity index is 524. The monoisotopic (exact) mass is 270 g/mol. The van der Waals surface area contributed by atoms with Crippen LogP contribution in [0.2, 0.25) is 5.02 Å². The zero-order chi connectivity index (χ0) is 12.4. The molecule has 90 valence electrons. The summed E-state index contributed by atoms with van der Waals surface area (Å²) in [5.41, 5.74) is 1.45. The zero-order valence-corrected chi connectivity index (χ0v) is 10.9. The molecule has 0 aliphatic rings. The number of aryl methyl sites for hydroxylation is 1. The Morgan fingerprint density at radius 3 is 2.71 bits per heavy atom. The molecule has 0 saturated heterocycles. The van der Waals surface area contributed by atoms with Gasteiger partial charge in [0.15, 0.2) is 0 Å². The molecule has 0 saturated carbocycles. The average Bonchev–Trinajstić information content (AvgIpc) is 2.63. The maximum atomic E-state index is 13.4. The van der Waals surface area contributed by atoms with Crippen molar-refractivity contribution in [1.82, 2.24) is 0 Å². The largest absolute Gasteiger partial charge is 0.387 e. The van der Waals surface area contributed by atoms with E-state index in [0.717, 1.165) is 5.56 Å². The molecule has 0 amide bonds. The van der Waals surface area contributed by atoms with Crippen molar-refractivity contribution in [2.24, 2.45) is 0 Å². The van der Waals surface area contributed by atoms with Gasteiger partial charge in [-0.05, 0) is 29.5 Å². The first-order valence-electron chi connectivity index (χ1n) is 5.24. The minimum absolute atomic E-state index is 0.242. The molecule has 1 nitrogen and oxygen atoms in total. The van der Waals surface area contributed by atoms with E-state index in [4.69, 9.17) is 11.6 Å². The van der Waals surface area contributed by atoms with Gasteiger partial charge in [-0.15, -0.1) is 11.3 Å². The van der Waals surface area contributed by atoms with Crippen molar-refractivity contribution in [1.29, 1.82) is 0 Å². The average molecular weight is 271 g/mol. The molecule has 0 aliphatic heterocycles. The second-order valence-corrected chi connectivity index (χ2v) is 5.20. The van der Waals surface area contributed by atoms with Gasteiger partial charge >= 0.3 is 0 Å². The van der Waals surface area contributed by atoms with E-state index in [1.54, 1.807) is 18.2 Å². The molecule has 0 aliphatic carbocycles. The zero-order valence-electron chi connectivity index (χ0n) is 9.28. The van der Waals surface area contributed by atoms with Crippen molar-refractivity contribution in [2.75, 3.05) is 0 Å². The Balaban J connectivity index is 2.20. The minimum atomic E-state index is -0.752. The van der Waals surface area contributed by atoms with E-state index in [9.17, 15) is 9.50 Å². The molecule has 4 heteroatoms. The molecule has 1 aromatic heterocycles. The second-order valence-electron chi connectivity index (χ2n) is 3.91. The van der Waals surface area contributed by atoms with Crippen LogP contribution in [0.1, 0.15) is 22.1 Å². The van der Waals surface area contributed by atoms with Crippen molar-refractivity contribution in [3.8, 4) is 0 Å². The van der Waals surface area contributed by atoms with Crippen LogP contribution in [0, 0.1) is 12.7 Å². The van der Waals surface area contributed by atoms with Gasteiger partial charge in [0.25, 0.3) is 0 Å². The lowest BCUT2D eigenvalue weighted by molar-refractivity contribution is 0.181. The van der Waals surface area contributed by atoms with Crippen LogP contribution in [0.15, 0.2) is 29.6 Å². The van der Waals surface area contributed by atoms with Crippen LogP contribution in [0.25, 0.3) is 0 Å². The van der Waals surface area contributed by atoms with Crippen molar-refractivity contribution in [3.05, 3.63) is 56.5 Å². The third-order valence-corrected chi connectivity index (χ3v) is 4.41. The number of hydrogen-bond acceptors (Lipinski definition) is 2. The topological polar surface area (TPSA) is 20.2 Å². The highest BCUT2D eigenvalue weighted by molar-refractivity contribution is 7.10. The predicted octanol–water partition coefficient (Wildman–Crippen LogP) is 4.13. The van der Waals surface area contributed by atoms with E-state index in [0.29, 0.717) is 15.5 Å². The number of aliphatic hydroxyl groups excluding tert-OH is 1. The summed E-state index contributed by atoms with van der Waals surface area (Å²) in [4.78, 5) is 0.701. The molecule has 2 aromatic rings. The standard InChI is InChI=1S/C13H12ClFOS/c1-8-7-17-13(12(8)14)11(16)6-9-4-2-3-5-10(9)15/h2-5,7,11,16H,6H2,1H3. The van der Waals surface area contributed by atoms with Gasteiger partial charge in [-0.2, -0.15) is 0 Å². The van der Waals surface area contributed by atoms with Crippen LogP contribution in [-0.4, -0.2) is 5.11 Å². The van der Waals surface area contributed by atoms with E-state index >= 15 is 0 Å². The highest BCUT2D eigenvalue weighted by Crippen LogP contribution is 2.34. The van der Waals surface area contributed by atoms with E-state index < -0.39 is 6.10 Å². The van der Waals surface area contributed by atoms with Gasteiger partial charge in [-0.3, -0.25) is 0 Å². The summed E-state index contributed by atoms with van der Waals surface area (Å²) in [7, 11) is 0. The highest BCUT2D eigenvalue weighted by atomic mass is 35.5. The summed E-state index contributed by atoms with van der Waals surface area (Å²) in [6, 6.07) is 6.45. The lowest BCUT2D eigenvalue weighted by Gasteiger charge is -2.10. The van der Waals surface area contributed by atoms with Gasteiger partial charge in [-0.1, -0.05) is 29.8 Å². The molecule has 1 heterocycles. The fourth-order valence-corrected chi connectivity index (χ4v) is 2.94. The third-order valence-electron chi connectivity index (χ3n) is 2.60. The van der Waals surface area contributed by atoms with Crippen LogP contribution >= 0.6 is 22.9 Å². The molecule has 1 atom stereocenters. The summed E-state index contributed by atoms with van der Waals surface area (Å²) in [6.07, 6.45) is -0.509. The van der Waals surface area contributed by atoms with Crippen LogP contribution in [-0.2, 0) is 6.42 Å². The van der Waals surface area contributed by atoms with Crippen molar-refractivity contribution in [3.63, 3.8) is 0 Å². The number of halogens is 2. The molecule has 17 heavy (non-hydrogen) atoms. The second kappa shape index (κ2) is 5.17. The van der Waals surface area contributed by atoms with Gasteiger partial charge in [0.1, 0.15) is 5.82 Å². The Morgan fingerprint density at radius 2 is 2.12 bits per heavy atom. The number of thiophene rings is 1. The number of aliphatic hydroxyl groups is 1. The van der Waals surface area contributed by atoms with Gasteiger partial charge in [0.2, 0.25) is 0 Å². The quantitative estimate of drug-likeness (QED) is 0.889. The first kappa shape index (κ1) is 12.6. The molecular formula is C13H12ClFOS. The predicted molar refractivity (Wildman–Crippen MR) is 69.1 cm³/mol. The smallest absolute Gasteiger partial charge is 0.126 e. The normalized spacial score (nSPS) is 12.7. The van der Waals surface area contributed by atoms with Crippen LogP contribution in [0.4, 0.5) is 4.39 Å². The highest BCUT2D eigenvalue weighted by Gasteiger charge is 2.17. The molecule has 0 fully saturated rings. The maximum absolute atomic E-state index is 13.4. The third kappa shape index (κ3) is 2.68. The van der Waals surface area contributed by atoms with Crippen molar-refractivity contribution >= 4 is 22.9 Å². The number of rotatable bonds is 3. The van der Waals surface area contributed by atoms with E-state index in [1.165, 1.54) is 17.4 Å². The Morgan fingerprint density at radius 1 is 1.41 bits per heavy atom. The van der Waals surface area contributed by atoms with Gasteiger partial charge in [0, 0.05) is 6.42 Å². The molecule has 2 rings (SSSR count). The summed E-state index contributed by atoms with van der Waals surface area (Å²) in [5.74, 6) is -0.295. The lowest BCUT2D eigenvalue weighted by atomic mass is 10.1. The Kier molecular flexibility index (Phi) is 3.82. The summed E-state index contributed by atoms with van der Waals surface area (Å²) in [6.45, 7) is 1.89. The van der Waals surface area contributed by atoms with E-state index in [2.05, 4.69) is 0 Å². The molecule has 1 N–H and O–H groups in total. The number of hydrogen-bond donors (Lipinski definition) is 1. The van der Waals surface area contributed by atoms with E-state index in [1.807, 2.05) is 12.3 Å². The first-order chi connectivity index (χ1) is 8.09. The van der Waals surface area contributed by atoms with E-state index in [-0.39, 0.29) is 12.2 Å². The summed E-state index contributed by atoms with van der Waals surface area (Å²) < 4.78 is 13.4. The van der Waals surface area contributed by atoms with Crippen molar-refractivity contribution in [2.45, 2.75) is 19.4 Å². The fraction of sp³-hybridized carbons (Fsp3) is 0.231. The molecule has 1 aromatic carbocycles. The van der Waals surface area contributed by atoms with Gasteiger partial charge < -0.3 is 5.11 Å². The first-order valence-corrected chi connectivity index (χ1v) is 6.50. The minimum Gasteiger partial charge on any atom is -0.387 e. The molecule has 0 spiro atoms. The maximum Gasteiger partial charge on any atom is 0.126 e. The van der Waals surface area contributed by atoms with Crippen LogP contribution in [0.5, 0.6) is 0 Å². The molecular weight excluding hydrogens is 259 g/mol. The van der Waals surface area contributed by atoms with Crippen LogP contribution in [0.3, 0.4) is 0 Å². The Hall–Kier alpha value is -0.900. The molecule has 0 radical (unpaired) electrons. The van der Waals surface area contributed by atoms with Gasteiger partial charge in [0.05, 0.1) is 16.0 Å². The number of benzene rings is 1. The fourth-order valence-electron chi connectivity index (χ4n) is 1.64. The van der Waals surface area contributed by atoms with Crippen LogP contribution < -0.4 is 0 Å². The summed E-state index contributed by atoms with van der Waals surface area (Å²) in [5, 5.41) is 12.5.